The maximum absolute atomic E-state index is 13.3. The van der Waals surface area contributed by atoms with Gasteiger partial charge in [-0.1, -0.05) is 16.8 Å². The summed E-state index contributed by atoms with van der Waals surface area (Å²) in [4.78, 5) is 14.2. The van der Waals surface area contributed by atoms with Crippen LogP contribution >= 0.6 is 11.6 Å². The summed E-state index contributed by atoms with van der Waals surface area (Å²) in [6, 6.07) is 5.03. The summed E-state index contributed by atoms with van der Waals surface area (Å²) in [5.41, 5.74) is 2.04. The van der Waals surface area contributed by atoms with Crippen molar-refractivity contribution >= 4 is 29.1 Å². The zero-order chi connectivity index (χ0) is 18.8. The Labute approximate surface area is 158 Å². The van der Waals surface area contributed by atoms with Crippen molar-refractivity contribution in [2.45, 2.75) is 19.4 Å². The predicted molar refractivity (Wildman–Crippen MR) is 95.5 cm³/mol. The minimum atomic E-state index is -0.563. The van der Waals surface area contributed by atoms with E-state index in [0.717, 1.165) is 24.1 Å². The molecule has 0 fully saturated rings. The molecule has 27 heavy (non-hydrogen) atoms. The number of halogens is 2. The number of aromatic nitrogens is 3. The number of hydrogen-bond acceptors (Lipinski definition) is 5. The third-order valence-electron chi connectivity index (χ3n) is 4.16. The lowest BCUT2D eigenvalue weighted by molar-refractivity contribution is 0.256. The third-order valence-corrected chi connectivity index (χ3v) is 4.45. The van der Waals surface area contributed by atoms with Crippen LogP contribution in [-0.2, 0) is 13.0 Å². The van der Waals surface area contributed by atoms with Gasteiger partial charge in [0.1, 0.15) is 12.1 Å². The summed E-state index contributed by atoms with van der Waals surface area (Å²) in [6.45, 7) is 0.801. The number of rotatable bonds is 4. The lowest BCUT2D eigenvalue weighted by atomic mass is 10.1. The van der Waals surface area contributed by atoms with E-state index in [0.29, 0.717) is 24.0 Å². The average molecular weight is 392 g/mol. The smallest absolute Gasteiger partial charge is 0.327 e. The van der Waals surface area contributed by atoms with E-state index in [2.05, 4.69) is 20.7 Å². The van der Waals surface area contributed by atoms with Gasteiger partial charge in [0.05, 0.1) is 23.9 Å². The number of amides is 2. The van der Waals surface area contributed by atoms with Crippen LogP contribution in [0.5, 0.6) is 5.88 Å². The van der Waals surface area contributed by atoms with Crippen LogP contribution in [0.15, 0.2) is 35.1 Å². The molecule has 10 heteroatoms. The molecule has 1 aliphatic rings. The van der Waals surface area contributed by atoms with Crippen molar-refractivity contribution in [3.8, 4) is 5.88 Å². The number of ether oxygens (including phenoxy) is 1. The van der Waals surface area contributed by atoms with Crippen LogP contribution in [0.2, 0.25) is 5.02 Å². The lowest BCUT2D eigenvalue weighted by Gasteiger charge is -2.21. The summed E-state index contributed by atoms with van der Waals surface area (Å²) in [5.74, 6) is 0.315. The Bertz CT molecular complexity index is 960. The predicted octanol–water partition coefficient (Wildman–Crippen LogP) is 3.75. The molecule has 140 valence electrons. The van der Waals surface area contributed by atoms with Crippen molar-refractivity contribution in [3.63, 3.8) is 0 Å². The number of hydrogen-bond donors (Lipinski definition) is 2. The molecular weight excluding hydrogens is 377 g/mol. The fraction of sp³-hybridized carbons (Fsp3) is 0.235. The summed E-state index contributed by atoms with van der Waals surface area (Å²) >= 11 is 5.78. The van der Waals surface area contributed by atoms with E-state index in [1.54, 1.807) is 6.07 Å². The highest BCUT2D eigenvalue weighted by Gasteiger charge is 2.25. The van der Waals surface area contributed by atoms with Crippen LogP contribution in [0.4, 0.5) is 20.7 Å². The Morgan fingerprint density at radius 2 is 2.30 bits per heavy atom. The van der Waals surface area contributed by atoms with Crippen LogP contribution < -0.4 is 15.0 Å². The Hall–Kier alpha value is -3.07. The van der Waals surface area contributed by atoms with Crippen molar-refractivity contribution in [2.75, 3.05) is 16.8 Å². The number of anilines is 2. The van der Waals surface area contributed by atoms with E-state index >= 15 is 0 Å². The first-order valence-electron chi connectivity index (χ1n) is 8.24. The molecule has 3 aromatic rings. The second-order valence-electron chi connectivity index (χ2n) is 5.94. The first-order valence-corrected chi connectivity index (χ1v) is 8.62. The summed E-state index contributed by atoms with van der Waals surface area (Å²) in [5, 5.41) is 13.5. The Morgan fingerprint density at radius 1 is 1.41 bits per heavy atom. The van der Waals surface area contributed by atoms with Crippen molar-refractivity contribution in [1.29, 1.82) is 0 Å². The molecule has 8 nitrogen and oxygen atoms in total. The van der Waals surface area contributed by atoms with Gasteiger partial charge in [0.25, 0.3) is 0 Å². The molecule has 2 aromatic heterocycles. The Balaban J connectivity index is 1.58. The standard InChI is InChI=1S/C17H15ClFN5O3/c18-12-8-10(3-4-13(12)19)20-17(25)24(15-5-7-27-23-15)9-14-11-2-1-6-26-16(11)22-21-14/h3-5,7-8H,1-2,6,9H2,(H,20,25)(H,21,22). The zero-order valence-electron chi connectivity index (χ0n) is 14.0. The Kier molecular flexibility index (Phi) is 4.68. The fourth-order valence-corrected chi connectivity index (χ4v) is 3.01. The van der Waals surface area contributed by atoms with E-state index in [1.165, 1.54) is 29.4 Å². The number of H-pyrrole nitrogens is 1. The third kappa shape index (κ3) is 3.59. The quantitative estimate of drug-likeness (QED) is 0.706. The molecule has 0 bridgehead atoms. The molecule has 0 radical (unpaired) electrons. The molecule has 2 amide bonds. The average Bonchev–Trinajstić information content (AvgIpc) is 3.32. The van der Waals surface area contributed by atoms with E-state index < -0.39 is 11.8 Å². The molecule has 0 saturated carbocycles. The van der Waals surface area contributed by atoms with Crippen LogP contribution in [0.3, 0.4) is 0 Å². The molecule has 0 aliphatic carbocycles. The van der Waals surface area contributed by atoms with E-state index in [9.17, 15) is 9.18 Å². The van der Waals surface area contributed by atoms with Gasteiger partial charge in [-0.2, -0.15) is 0 Å². The molecule has 0 unspecified atom stereocenters. The van der Waals surface area contributed by atoms with Gasteiger partial charge in [0.15, 0.2) is 5.82 Å². The lowest BCUT2D eigenvalue weighted by Crippen LogP contribution is -2.35. The van der Waals surface area contributed by atoms with Gasteiger partial charge in [-0.25, -0.2) is 9.18 Å². The summed E-state index contributed by atoms with van der Waals surface area (Å²) in [7, 11) is 0. The molecule has 0 spiro atoms. The molecular formula is C17H15ClFN5O3. The van der Waals surface area contributed by atoms with E-state index in [-0.39, 0.29) is 11.6 Å². The van der Waals surface area contributed by atoms with Crippen molar-refractivity contribution in [3.05, 3.63) is 52.6 Å². The maximum atomic E-state index is 13.3. The Morgan fingerprint density at radius 3 is 3.07 bits per heavy atom. The zero-order valence-corrected chi connectivity index (χ0v) is 14.8. The number of fused-ring (bicyclic) bond motifs is 1. The number of urea groups is 1. The van der Waals surface area contributed by atoms with Gasteiger partial charge in [-0.05, 0) is 31.0 Å². The number of benzene rings is 1. The number of nitrogens with zero attached hydrogens (tertiary/aromatic N) is 3. The molecule has 3 heterocycles. The normalized spacial score (nSPS) is 13.0. The van der Waals surface area contributed by atoms with Crippen molar-refractivity contribution in [1.82, 2.24) is 15.4 Å². The van der Waals surface area contributed by atoms with E-state index in [1.807, 2.05) is 0 Å². The molecule has 1 aromatic carbocycles. The van der Waals surface area contributed by atoms with Gasteiger partial charge in [0, 0.05) is 17.3 Å². The minimum absolute atomic E-state index is 0.0828. The van der Waals surface area contributed by atoms with Gasteiger partial charge in [-0.15, -0.1) is 5.10 Å². The topological polar surface area (TPSA) is 96.3 Å². The number of carbonyl (C=O) groups is 1. The van der Waals surface area contributed by atoms with Gasteiger partial charge in [0.2, 0.25) is 5.88 Å². The van der Waals surface area contributed by atoms with Crippen LogP contribution in [0.1, 0.15) is 17.7 Å². The van der Waals surface area contributed by atoms with Crippen LogP contribution in [0, 0.1) is 5.82 Å². The number of nitrogens with one attached hydrogen (secondary N) is 2. The van der Waals surface area contributed by atoms with Crippen molar-refractivity contribution < 1.29 is 18.4 Å². The summed E-state index contributed by atoms with van der Waals surface area (Å²) < 4.78 is 23.7. The largest absolute Gasteiger partial charge is 0.476 e. The fourth-order valence-electron chi connectivity index (χ4n) is 2.83. The highest BCUT2D eigenvalue weighted by molar-refractivity contribution is 6.31. The number of carbonyl (C=O) groups excluding carboxylic acids is 1. The monoisotopic (exact) mass is 391 g/mol. The second-order valence-corrected chi connectivity index (χ2v) is 6.35. The molecule has 0 atom stereocenters. The minimum Gasteiger partial charge on any atom is -0.476 e. The molecule has 2 N–H and O–H groups in total. The van der Waals surface area contributed by atoms with Gasteiger partial charge >= 0.3 is 6.03 Å². The molecule has 4 rings (SSSR count). The first-order chi connectivity index (χ1) is 13.1. The first kappa shape index (κ1) is 17.3. The second kappa shape index (κ2) is 7.28. The molecule has 0 saturated heterocycles. The van der Waals surface area contributed by atoms with Gasteiger partial charge < -0.3 is 14.6 Å². The summed E-state index contributed by atoms with van der Waals surface area (Å²) in [6.07, 6.45) is 3.06. The van der Waals surface area contributed by atoms with E-state index in [4.69, 9.17) is 20.9 Å². The highest BCUT2D eigenvalue weighted by Crippen LogP contribution is 2.27. The number of aromatic amines is 1. The molecule has 1 aliphatic heterocycles. The highest BCUT2D eigenvalue weighted by atomic mass is 35.5. The van der Waals surface area contributed by atoms with Crippen LogP contribution in [0.25, 0.3) is 0 Å². The SMILES string of the molecule is O=C(Nc1ccc(F)c(Cl)c1)N(Cc1[nH]nc2c1CCCO2)c1ccon1. The van der Waals surface area contributed by atoms with Gasteiger partial charge in [-0.3, -0.25) is 10.00 Å². The van der Waals surface area contributed by atoms with Crippen molar-refractivity contribution in [2.24, 2.45) is 0 Å². The van der Waals surface area contributed by atoms with Crippen LogP contribution in [-0.4, -0.2) is 28.0 Å². The maximum Gasteiger partial charge on any atom is 0.327 e.